The first-order chi connectivity index (χ1) is 12.1. The number of ether oxygens (including phenoxy) is 2. The number of para-hydroxylation sites is 2. The minimum absolute atomic E-state index is 0.112. The first-order valence-corrected chi connectivity index (χ1v) is 8.25. The number of methoxy groups -OCH3 is 1. The molecule has 3 rings (SSSR count). The molecule has 1 saturated heterocycles. The standard InChI is InChI=1S/C19H23N3O3/c1-21(19(23)14-7-8-15(20)18(13-14)24-2)16-5-3-4-6-17(16)22-9-11-25-12-10-22/h3-8,13H,9-12,20H2,1-2H3. The van der Waals surface area contributed by atoms with Gasteiger partial charge in [0.2, 0.25) is 0 Å². The molecule has 0 unspecified atom stereocenters. The van der Waals surface area contributed by atoms with Crippen LogP contribution in [0.3, 0.4) is 0 Å². The van der Waals surface area contributed by atoms with Crippen molar-refractivity contribution in [1.82, 2.24) is 0 Å². The molecule has 0 saturated carbocycles. The van der Waals surface area contributed by atoms with Crippen molar-refractivity contribution in [3.05, 3.63) is 48.0 Å². The summed E-state index contributed by atoms with van der Waals surface area (Å²) in [6.45, 7) is 3.02. The van der Waals surface area contributed by atoms with E-state index >= 15 is 0 Å². The smallest absolute Gasteiger partial charge is 0.258 e. The number of amides is 1. The van der Waals surface area contributed by atoms with Gasteiger partial charge in [0.05, 0.1) is 37.4 Å². The van der Waals surface area contributed by atoms with Crippen molar-refractivity contribution in [3.63, 3.8) is 0 Å². The summed E-state index contributed by atoms with van der Waals surface area (Å²) in [5, 5.41) is 0. The van der Waals surface area contributed by atoms with Crippen LogP contribution in [-0.4, -0.2) is 46.4 Å². The molecule has 25 heavy (non-hydrogen) atoms. The quantitative estimate of drug-likeness (QED) is 0.865. The van der Waals surface area contributed by atoms with Crippen LogP contribution in [0.15, 0.2) is 42.5 Å². The zero-order valence-corrected chi connectivity index (χ0v) is 14.6. The predicted molar refractivity (Wildman–Crippen MR) is 99.6 cm³/mol. The zero-order chi connectivity index (χ0) is 17.8. The van der Waals surface area contributed by atoms with E-state index in [1.165, 1.54) is 7.11 Å². The number of hydrogen-bond acceptors (Lipinski definition) is 5. The molecule has 0 spiro atoms. The minimum atomic E-state index is -0.112. The Balaban J connectivity index is 1.90. The monoisotopic (exact) mass is 341 g/mol. The van der Waals surface area contributed by atoms with Gasteiger partial charge in [0.15, 0.2) is 0 Å². The molecule has 132 valence electrons. The summed E-state index contributed by atoms with van der Waals surface area (Å²) >= 11 is 0. The van der Waals surface area contributed by atoms with Gasteiger partial charge < -0.3 is 25.0 Å². The number of morpholine rings is 1. The Labute approximate surface area is 147 Å². The van der Waals surface area contributed by atoms with Crippen molar-refractivity contribution in [3.8, 4) is 5.75 Å². The number of rotatable bonds is 4. The Morgan fingerprint density at radius 2 is 1.92 bits per heavy atom. The van der Waals surface area contributed by atoms with Crippen LogP contribution in [0.2, 0.25) is 0 Å². The Hall–Kier alpha value is -2.73. The first-order valence-electron chi connectivity index (χ1n) is 8.25. The van der Waals surface area contributed by atoms with Crippen molar-refractivity contribution in [2.75, 3.05) is 56.0 Å². The van der Waals surface area contributed by atoms with Gasteiger partial charge in [-0.2, -0.15) is 0 Å². The van der Waals surface area contributed by atoms with Crippen molar-refractivity contribution in [1.29, 1.82) is 0 Å². The second kappa shape index (κ2) is 7.44. The number of nitrogen functional groups attached to an aromatic ring is 1. The molecule has 1 aliphatic heterocycles. The molecule has 0 aliphatic carbocycles. The maximum Gasteiger partial charge on any atom is 0.258 e. The van der Waals surface area contributed by atoms with E-state index < -0.39 is 0 Å². The fourth-order valence-electron chi connectivity index (χ4n) is 2.97. The van der Waals surface area contributed by atoms with Crippen LogP contribution in [0.1, 0.15) is 10.4 Å². The molecule has 0 aromatic heterocycles. The van der Waals surface area contributed by atoms with E-state index in [4.69, 9.17) is 15.2 Å². The van der Waals surface area contributed by atoms with Crippen LogP contribution in [0.5, 0.6) is 5.75 Å². The Morgan fingerprint density at radius 1 is 1.20 bits per heavy atom. The van der Waals surface area contributed by atoms with Crippen LogP contribution in [0.4, 0.5) is 17.1 Å². The molecule has 2 aromatic rings. The van der Waals surface area contributed by atoms with E-state index in [-0.39, 0.29) is 5.91 Å². The van der Waals surface area contributed by atoms with Gasteiger partial charge in [0.1, 0.15) is 5.75 Å². The SMILES string of the molecule is COc1cc(C(=O)N(C)c2ccccc2N2CCOCC2)ccc1N. The Kier molecular flexibility index (Phi) is 5.09. The molecule has 2 N–H and O–H groups in total. The van der Waals surface area contributed by atoms with E-state index in [9.17, 15) is 4.79 Å². The first kappa shape index (κ1) is 17.1. The molecular formula is C19H23N3O3. The lowest BCUT2D eigenvalue weighted by Gasteiger charge is -2.32. The highest BCUT2D eigenvalue weighted by Gasteiger charge is 2.21. The largest absolute Gasteiger partial charge is 0.495 e. The van der Waals surface area contributed by atoms with Gasteiger partial charge in [-0.1, -0.05) is 12.1 Å². The molecule has 0 radical (unpaired) electrons. The summed E-state index contributed by atoms with van der Waals surface area (Å²) in [5.41, 5.74) is 8.78. The maximum atomic E-state index is 12.9. The molecule has 1 fully saturated rings. The second-order valence-corrected chi connectivity index (χ2v) is 5.91. The van der Waals surface area contributed by atoms with Crippen molar-refractivity contribution in [2.45, 2.75) is 0 Å². The minimum Gasteiger partial charge on any atom is -0.495 e. The van der Waals surface area contributed by atoms with Gasteiger partial charge in [0.25, 0.3) is 5.91 Å². The molecule has 1 aliphatic rings. The molecular weight excluding hydrogens is 318 g/mol. The average molecular weight is 341 g/mol. The topological polar surface area (TPSA) is 68.0 Å². The number of carbonyl (C=O) groups is 1. The zero-order valence-electron chi connectivity index (χ0n) is 14.6. The molecule has 0 bridgehead atoms. The lowest BCUT2D eigenvalue weighted by Crippen LogP contribution is -2.38. The highest BCUT2D eigenvalue weighted by Crippen LogP contribution is 2.31. The van der Waals surface area contributed by atoms with Crippen molar-refractivity contribution < 1.29 is 14.3 Å². The Bertz CT molecular complexity index is 757. The van der Waals surface area contributed by atoms with Gasteiger partial charge in [0, 0.05) is 25.7 Å². The summed E-state index contributed by atoms with van der Waals surface area (Å²) in [6, 6.07) is 13.0. The summed E-state index contributed by atoms with van der Waals surface area (Å²) in [6.07, 6.45) is 0. The number of anilines is 3. The van der Waals surface area contributed by atoms with E-state index in [2.05, 4.69) is 4.90 Å². The Morgan fingerprint density at radius 3 is 2.64 bits per heavy atom. The van der Waals surface area contributed by atoms with Crippen LogP contribution >= 0.6 is 0 Å². The van der Waals surface area contributed by atoms with E-state index in [1.807, 2.05) is 24.3 Å². The summed E-state index contributed by atoms with van der Waals surface area (Å²) < 4.78 is 10.6. The van der Waals surface area contributed by atoms with E-state index in [0.29, 0.717) is 30.2 Å². The van der Waals surface area contributed by atoms with Gasteiger partial charge in [-0.25, -0.2) is 0 Å². The predicted octanol–water partition coefficient (Wildman–Crippen LogP) is 2.39. The number of nitrogens with zero attached hydrogens (tertiary/aromatic N) is 2. The highest BCUT2D eigenvalue weighted by molar-refractivity contribution is 6.07. The van der Waals surface area contributed by atoms with Crippen LogP contribution in [0, 0.1) is 0 Å². The normalized spacial score (nSPS) is 14.2. The third-order valence-corrected chi connectivity index (χ3v) is 4.38. The van der Waals surface area contributed by atoms with Crippen LogP contribution in [-0.2, 0) is 4.74 Å². The van der Waals surface area contributed by atoms with Crippen molar-refractivity contribution >= 4 is 23.0 Å². The van der Waals surface area contributed by atoms with Crippen LogP contribution in [0.25, 0.3) is 0 Å². The maximum absolute atomic E-state index is 12.9. The van der Waals surface area contributed by atoms with E-state index in [0.717, 1.165) is 24.5 Å². The fraction of sp³-hybridized carbons (Fsp3) is 0.316. The summed E-state index contributed by atoms with van der Waals surface area (Å²) in [5.74, 6) is 0.389. The number of hydrogen-bond donors (Lipinski definition) is 1. The molecule has 6 nitrogen and oxygen atoms in total. The third-order valence-electron chi connectivity index (χ3n) is 4.38. The van der Waals surface area contributed by atoms with E-state index in [1.54, 1.807) is 30.1 Å². The summed E-state index contributed by atoms with van der Waals surface area (Å²) in [7, 11) is 3.32. The average Bonchev–Trinajstić information content (AvgIpc) is 2.68. The number of nitrogens with two attached hydrogens (primary N) is 1. The lowest BCUT2D eigenvalue weighted by atomic mass is 10.1. The third kappa shape index (κ3) is 3.53. The molecule has 1 heterocycles. The summed E-state index contributed by atoms with van der Waals surface area (Å²) in [4.78, 5) is 16.9. The molecule has 0 atom stereocenters. The van der Waals surface area contributed by atoms with Gasteiger partial charge in [-0.3, -0.25) is 4.79 Å². The van der Waals surface area contributed by atoms with Crippen LogP contribution < -0.4 is 20.3 Å². The second-order valence-electron chi connectivity index (χ2n) is 5.91. The highest BCUT2D eigenvalue weighted by atomic mass is 16.5. The number of benzene rings is 2. The fourth-order valence-corrected chi connectivity index (χ4v) is 2.97. The number of carbonyl (C=O) groups excluding carboxylic acids is 1. The van der Waals surface area contributed by atoms with Gasteiger partial charge >= 0.3 is 0 Å². The van der Waals surface area contributed by atoms with Gasteiger partial charge in [-0.05, 0) is 30.3 Å². The molecule has 1 amide bonds. The molecule has 6 heteroatoms. The lowest BCUT2D eigenvalue weighted by molar-refractivity contribution is 0.0992. The molecule has 2 aromatic carbocycles. The van der Waals surface area contributed by atoms with Gasteiger partial charge in [-0.15, -0.1) is 0 Å². The van der Waals surface area contributed by atoms with Crippen molar-refractivity contribution in [2.24, 2.45) is 0 Å².